The first kappa shape index (κ1) is 17.7. The van der Waals surface area contributed by atoms with E-state index in [1.54, 1.807) is 48.8 Å². The summed E-state index contributed by atoms with van der Waals surface area (Å²) in [7, 11) is 0. The van der Waals surface area contributed by atoms with E-state index in [1.807, 2.05) is 6.07 Å². The summed E-state index contributed by atoms with van der Waals surface area (Å²) < 4.78 is 20.2. The summed E-state index contributed by atoms with van der Waals surface area (Å²) in [4.78, 5) is 19.8. The topological polar surface area (TPSA) is 118 Å². The van der Waals surface area contributed by atoms with Crippen LogP contribution in [0.15, 0.2) is 59.8 Å². The van der Waals surface area contributed by atoms with E-state index in [9.17, 15) is 9.00 Å². The van der Waals surface area contributed by atoms with Crippen LogP contribution in [0.5, 0.6) is 0 Å². The maximum atomic E-state index is 11.1. The first-order chi connectivity index (χ1) is 12.4. The molecule has 0 radical (unpaired) electrons. The Hall–Kier alpha value is -3.10. The molecule has 8 heteroatoms. The fourth-order valence-electron chi connectivity index (χ4n) is 2.44. The van der Waals surface area contributed by atoms with Crippen molar-refractivity contribution in [3.05, 3.63) is 54.9 Å². The molecule has 0 fully saturated rings. The number of hydrogen-bond acceptors (Lipinski definition) is 5. The molecule has 0 aliphatic rings. The van der Waals surface area contributed by atoms with Gasteiger partial charge in [-0.15, -0.1) is 0 Å². The number of amides is 1. The molecule has 0 bridgehead atoms. The third-order valence-electron chi connectivity index (χ3n) is 3.69. The summed E-state index contributed by atoms with van der Waals surface area (Å²) in [6, 6.07) is 12.0. The molecular weight excluding hydrogens is 352 g/mol. The molecule has 0 aliphatic carbocycles. The molecule has 2 heterocycles. The first-order valence-corrected chi connectivity index (χ1v) is 8.75. The number of nitrogens with one attached hydrogen (secondary N) is 1. The molecular formula is C18H16N4O3S. The smallest absolute Gasteiger partial charge is 0.222 e. The largest absolute Gasteiger partial charge is 0.383 e. The molecule has 0 saturated heterocycles. The van der Waals surface area contributed by atoms with Gasteiger partial charge in [-0.3, -0.25) is 4.79 Å². The average molecular weight is 368 g/mol. The number of carbonyl (C=O) groups excluding carboxylic acids is 1. The maximum Gasteiger partial charge on any atom is 0.222 e. The predicted molar refractivity (Wildman–Crippen MR) is 101 cm³/mol. The molecule has 3 rings (SSSR count). The number of hydrogen-bond donors (Lipinski definition) is 3. The van der Waals surface area contributed by atoms with E-state index in [0.717, 1.165) is 16.7 Å². The molecule has 7 nitrogen and oxygen atoms in total. The number of anilines is 2. The maximum absolute atomic E-state index is 11.1. The normalized spacial score (nSPS) is 11.8. The molecule has 4 N–H and O–H groups in total. The highest BCUT2D eigenvalue weighted by atomic mass is 32.2. The molecule has 2 aromatic heterocycles. The second-order valence-corrected chi connectivity index (χ2v) is 6.51. The van der Waals surface area contributed by atoms with Crippen LogP contribution < -0.4 is 11.1 Å². The van der Waals surface area contributed by atoms with Crippen LogP contribution in [0.1, 0.15) is 6.92 Å². The van der Waals surface area contributed by atoms with Crippen LogP contribution in [0.3, 0.4) is 0 Å². The number of nitrogen functional groups attached to an aromatic ring is 1. The number of aromatic nitrogens is 2. The van der Waals surface area contributed by atoms with Gasteiger partial charge in [-0.25, -0.2) is 14.2 Å². The van der Waals surface area contributed by atoms with Crippen LogP contribution in [0, 0.1) is 0 Å². The molecule has 0 saturated carbocycles. The van der Waals surface area contributed by atoms with Gasteiger partial charge in [0.2, 0.25) is 5.91 Å². The third-order valence-corrected chi connectivity index (χ3v) is 4.36. The first-order valence-electron chi connectivity index (χ1n) is 7.65. The number of rotatable bonds is 4. The summed E-state index contributed by atoms with van der Waals surface area (Å²) in [5, 5.41) is 2.61. The van der Waals surface area contributed by atoms with Crippen LogP contribution in [-0.2, 0) is 15.9 Å². The summed E-state index contributed by atoms with van der Waals surface area (Å²) >= 11 is -2.01. The summed E-state index contributed by atoms with van der Waals surface area (Å²) in [6.45, 7) is 1.42. The minimum absolute atomic E-state index is 0.194. The van der Waals surface area contributed by atoms with E-state index in [2.05, 4.69) is 15.3 Å². The standard InChI is InChI=1S/C18H16N4O3S/c1-11(23)22-17-7-4-13(9-20-17)16-8-14(10-21-18(16)19)12-2-5-15(6-3-12)26(24)25/h2-10H,1H3,(H2,19,21)(H,24,25)(H,20,22,23). The highest BCUT2D eigenvalue weighted by Gasteiger charge is 2.09. The molecule has 1 unspecified atom stereocenters. The summed E-state index contributed by atoms with van der Waals surface area (Å²) in [5.41, 5.74) is 9.13. The Labute approximate surface area is 152 Å². The van der Waals surface area contributed by atoms with E-state index < -0.39 is 11.1 Å². The zero-order chi connectivity index (χ0) is 18.7. The number of nitrogens with zero attached hydrogens (tertiary/aromatic N) is 2. The van der Waals surface area contributed by atoms with Crippen molar-refractivity contribution in [2.75, 3.05) is 11.1 Å². The van der Waals surface area contributed by atoms with Crippen molar-refractivity contribution in [1.82, 2.24) is 9.97 Å². The van der Waals surface area contributed by atoms with Gasteiger partial charge < -0.3 is 15.6 Å². The molecule has 0 spiro atoms. The van der Waals surface area contributed by atoms with Gasteiger partial charge in [-0.05, 0) is 35.9 Å². The van der Waals surface area contributed by atoms with Gasteiger partial charge in [-0.2, -0.15) is 0 Å². The molecule has 0 aliphatic heterocycles. The average Bonchev–Trinajstić information content (AvgIpc) is 2.62. The van der Waals surface area contributed by atoms with Gasteiger partial charge in [0.25, 0.3) is 0 Å². The third kappa shape index (κ3) is 3.93. The molecule has 3 aromatic rings. The van der Waals surface area contributed by atoms with Crippen LogP contribution in [-0.4, -0.2) is 24.6 Å². The van der Waals surface area contributed by atoms with Crippen LogP contribution in [0.2, 0.25) is 0 Å². The van der Waals surface area contributed by atoms with Gasteiger partial charge in [0.05, 0.1) is 4.90 Å². The lowest BCUT2D eigenvalue weighted by Crippen LogP contribution is -2.07. The van der Waals surface area contributed by atoms with Gasteiger partial charge in [0.1, 0.15) is 11.6 Å². The zero-order valence-corrected chi connectivity index (χ0v) is 14.7. The summed E-state index contributed by atoms with van der Waals surface area (Å²) in [5.74, 6) is 0.619. The monoisotopic (exact) mass is 368 g/mol. The predicted octanol–water partition coefficient (Wildman–Crippen LogP) is 2.93. The number of benzene rings is 1. The second-order valence-electron chi connectivity index (χ2n) is 5.54. The van der Waals surface area contributed by atoms with E-state index in [-0.39, 0.29) is 5.91 Å². The molecule has 132 valence electrons. The van der Waals surface area contributed by atoms with Crippen molar-refractivity contribution < 1.29 is 13.6 Å². The minimum atomic E-state index is -2.01. The fraction of sp³-hybridized carbons (Fsp3) is 0.0556. The lowest BCUT2D eigenvalue weighted by molar-refractivity contribution is -0.114. The van der Waals surface area contributed by atoms with Crippen LogP contribution in [0.25, 0.3) is 22.3 Å². The van der Waals surface area contributed by atoms with Gasteiger partial charge in [0.15, 0.2) is 11.1 Å². The molecule has 1 aromatic carbocycles. The molecule has 1 amide bonds. The SMILES string of the molecule is CC(=O)Nc1ccc(-c2cc(-c3ccc(S(=O)O)cc3)cnc2N)cn1. The highest BCUT2D eigenvalue weighted by molar-refractivity contribution is 7.79. The lowest BCUT2D eigenvalue weighted by Gasteiger charge is -2.09. The number of nitrogens with two attached hydrogens (primary N) is 1. The Bertz CT molecular complexity index is 973. The van der Waals surface area contributed by atoms with E-state index in [1.165, 1.54) is 6.92 Å². The Kier molecular flexibility index (Phi) is 5.06. The van der Waals surface area contributed by atoms with Crippen molar-refractivity contribution in [1.29, 1.82) is 0 Å². The Morgan fingerprint density at radius 1 is 1.04 bits per heavy atom. The van der Waals surface area contributed by atoms with Crippen molar-refractivity contribution in [3.63, 3.8) is 0 Å². The summed E-state index contributed by atoms with van der Waals surface area (Å²) in [6.07, 6.45) is 3.25. The van der Waals surface area contributed by atoms with Gasteiger partial charge in [-0.1, -0.05) is 12.1 Å². The van der Waals surface area contributed by atoms with Gasteiger partial charge >= 0.3 is 0 Å². The van der Waals surface area contributed by atoms with Gasteiger partial charge in [0, 0.05) is 36.0 Å². The zero-order valence-electron chi connectivity index (χ0n) is 13.8. The number of pyridine rings is 2. The minimum Gasteiger partial charge on any atom is -0.383 e. The fourth-order valence-corrected chi connectivity index (χ4v) is 2.80. The van der Waals surface area contributed by atoms with E-state index in [0.29, 0.717) is 22.1 Å². The van der Waals surface area contributed by atoms with Crippen molar-refractivity contribution >= 4 is 28.6 Å². The Morgan fingerprint density at radius 2 is 1.69 bits per heavy atom. The highest BCUT2D eigenvalue weighted by Crippen LogP contribution is 2.30. The Morgan fingerprint density at radius 3 is 2.27 bits per heavy atom. The van der Waals surface area contributed by atoms with E-state index in [4.69, 9.17) is 10.3 Å². The molecule has 26 heavy (non-hydrogen) atoms. The Balaban J connectivity index is 1.94. The van der Waals surface area contributed by atoms with Crippen molar-refractivity contribution in [2.24, 2.45) is 0 Å². The quantitative estimate of drug-likeness (QED) is 0.609. The van der Waals surface area contributed by atoms with Crippen molar-refractivity contribution in [3.8, 4) is 22.3 Å². The van der Waals surface area contributed by atoms with Crippen molar-refractivity contribution in [2.45, 2.75) is 11.8 Å². The number of carbonyl (C=O) groups is 1. The van der Waals surface area contributed by atoms with Crippen LogP contribution >= 0.6 is 0 Å². The molecule has 1 atom stereocenters. The van der Waals surface area contributed by atoms with Crippen LogP contribution in [0.4, 0.5) is 11.6 Å². The second kappa shape index (κ2) is 7.42. The lowest BCUT2D eigenvalue weighted by atomic mass is 10.0. The van der Waals surface area contributed by atoms with E-state index >= 15 is 0 Å².